The molecule has 2 atom stereocenters. The molecule has 2 aromatic carbocycles. The maximum Gasteiger partial charge on any atom is 0.310 e. The van der Waals surface area contributed by atoms with Gasteiger partial charge in [0.2, 0.25) is 0 Å². The summed E-state index contributed by atoms with van der Waals surface area (Å²) in [6.07, 6.45) is -2.40. The van der Waals surface area contributed by atoms with Crippen molar-refractivity contribution in [3.05, 3.63) is 48.0 Å². The molecule has 2 aromatic rings. The van der Waals surface area contributed by atoms with E-state index < -0.39 is 30.0 Å². The van der Waals surface area contributed by atoms with Crippen LogP contribution in [-0.4, -0.2) is 37.1 Å². The van der Waals surface area contributed by atoms with Crippen LogP contribution in [0, 0.1) is 6.92 Å². The third-order valence-corrected chi connectivity index (χ3v) is 4.35. The fourth-order valence-electron chi connectivity index (χ4n) is 2.83. The van der Waals surface area contributed by atoms with Crippen molar-refractivity contribution in [3.8, 4) is 11.5 Å². The van der Waals surface area contributed by atoms with Crippen molar-refractivity contribution in [1.82, 2.24) is 0 Å². The molecule has 29 heavy (non-hydrogen) atoms. The molecule has 0 saturated carbocycles. The van der Waals surface area contributed by atoms with Crippen LogP contribution in [-0.2, 0) is 19.1 Å². The second kappa shape index (κ2) is 8.64. The molecule has 0 bridgehead atoms. The number of esters is 1. The topological polar surface area (TPSA) is 103 Å². The highest BCUT2D eigenvalue weighted by Gasteiger charge is 2.31. The molecular weight excluding hydrogens is 376 g/mol. The predicted octanol–water partition coefficient (Wildman–Crippen LogP) is 2.66. The first-order valence-corrected chi connectivity index (χ1v) is 9.09. The molecule has 0 aliphatic carbocycles. The van der Waals surface area contributed by atoms with Gasteiger partial charge in [0, 0.05) is 0 Å². The van der Waals surface area contributed by atoms with Gasteiger partial charge in [0.25, 0.3) is 11.8 Å². The number of fused-ring (bicyclic) bond motifs is 1. The van der Waals surface area contributed by atoms with Gasteiger partial charge < -0.3 is 24.8 Å². The molecule has 3 rings (SSSR count). The van der Waals surface area contributed by atoms with Gasteiger partial charge in [-0.15, -0.1) is 0 Å². The highest BCUT2D eigenvalue weighted by atomic mass is 16.6. The Labute approximate surface area is 168 Å². The van der Waals surface area contributed by atoms with Crippen LogP contribution in [0.1, 0.15) is 18.9 Å². The lowest BCUT2D eigenvalue weighted by Gasteiger charge is -2.25. The molecule has 1 heterocycles. The maximum absolute atomic E-state index is 12.4. The van der Waals surface area contributed by atoms with E-state index in [0.29, 0.717) is 22.9 Å². The number of ether oxygens (including phenoxy) is 3. The molecule has 2 amide bonds. The number of rotatable bonds is 6. The summed E-state index contributed by atoms with van der Waals surface area (Å²) in [4.78, 5) is 36.7. The van der Waals surface area contributed by atoms with Crippen LogP contribution in [0.5, 0.6) is 11.5 Å². The fourth-order valence-corrected chi connectivity index (χ4v) is 2.83. The Bertz CT molecular complexity index is 943. The number of methoxy groups -OCH3 is 1. The van der Waals surface area contributed by atoms with Gasteiger partial charge in [-0.05, 0) is 43.7 Å². The smallest absolute Gasteiger partial charge is 0.310 e. The van der Waals surface area contributed by atoms with Gasteiger partial charge >= 0.3 is 5.97 Å². The average molecular weight is 398 g/mol. The molecule has 1 aliphatic rings. The van der Waals surface area contributed by atoms with Crippen LogP contribution in [0.25, 0.3) is 0 Å². The zero-order chi connectivity index (χ0) is 21.0. The Morgan fingerprint density at radius 1 is 1.24 bits per heavy atom. The van der Waals surface area contributed by atoms with Gasteiger partial charge in [0.1, 0.15) is 11.5 Å². The van der Waals surface area contributed by atoms with E-state index in [2.05, 4.69) is 10.6 Å². The summed E-state index contributed by atoms with van der Waals surface area (Å²) in [5, 5.41) is 5.36. The Balaban J connectivity index is 1.57. The van der Waals surface area contributed by atoms with Gasteiger partial charge in [-0.25, -0.2) is 0 Å². The average Bonchev–Trinajstić information content (AvgIpc) is 2.68. The first-order chi connectivity index (χ1) is 13.9. The lowest BCUT2D eigenvalue weighted by atomic mass is 10.1. The minimum atomic E-state index is -1.06. The third kappa shape index (κ3) is 4.84. The summed E-state index contributed by atoms with van der Waals surface area (Å²) in [5.74, 6) is -0.706. The van der Waals surface area contributed by atoms with Crippen LogP contribution in [0.4, 0.5) is 11.4 Å². The van der Waals surface area contributed by atoms with Crippen molar-refractivity contribution in [1.29, 1.82) is 0 Å². The molecule has 0 fully saturated rings. The summed E-state index contributed by atoms with van der Waals surface area (Å²) in [6.45, 7) is 3.33. The monoisotopic (exact) mass is 398 g/mol. The van der Waals surface area contributed by atoms with Crippen molar-refractivity contribution in [2.24, 2.45) is 0 Å². The minimum absolute atomic E-state index is 0.314. The summed E-state index contributed by atoms with van der Waals surface area (Å²) in [7, 11) is 1.50. The van der Waals surface area contributed by atoms with Gasteiger partial charge in [-0.2, -0.15) is 0 Å². The SMILES string of the molecule is COc1ccc(C)cc1NC(=O)[C@H](C)OC(=O)C[C@@H]1Oc2ccccc2NC1=O. The van der Waals surface area contributed by atoms with E-state index in [4.69, 9.17) is 14.2 Å². The standard InChI is InChI=1S/C21H22N2O6/c1-12-8-9-16(27-3)15(10-12)23-20(25)13(2)28-19(24)11-18-21(26)22-14-6-4-5-7-17(14)29-18/h4-10,13,18H,11H2,1-3H3,(H,22,26)(H,23,25)/t13-,18-/m0/s1. The van der Waals surface area contributed by atoms with E-state index >= 15 is 0 Å². The summed E-state index contributed by atoms with van der Waals surface area (Å²) in [6, 6.07) is 12.3. The number of nitrogens with one attached hydrogen (secondary N) is 2. The molecule has 152 valence electrons. The van der Waals surface area contributed by atoms with E-state index in [9.17, 15) is 14.4 Å². The van der Waals surface area contributed by atoms with Crippen molar-refractivity contribution in [2.75, 3.05) is 17.7 Å². The number of hydrogen-bond donors (Lipinski definition) is 2. The van der Waals surface area contributed by atoms with Gasteiger partial charge in [0.15, 0.2) is 12.2 Å². The number of carbonyl (C=O) groups is 3. The third-order valence-electron chi connectivity index (χ3n) is 4.35. The second-order valence-corrected chi connectivity index (χ2v) is 6.62. The Hall–Kier alpha value is -3.55. The molecule has 0 saturated heterocycles. The summed E-state index contributed by atoms with van der Waals surface area (Å²) >= 11 is 0. The quantitative estimate of drug-likeness (QED) is 0.725. The van der Waals surface area contributed by atoms with Crippen molar-refractivity contribution < 1.29 is 28.6 Å². The molecule has 0 aromatic heterocycles. The van der Waals surface area contributed by atoms with E-state index in [0.717, 1.165) is 5.56 Å². The number of aryl methyl sites for hydroxylation is 1. The molecule has 0 spiro atoms. The number of para-hydroxylation sites is 2. The highest BCUT2D eigenvalue weighted by molar-refractivity contribution is 6.00. The molecule has 0 radical (unpaired) electrons. The summed E-state index contributed by atoms with van der Waals surface area (Å²) in [5.41, 5.74) is 1.96. The predicted molar refractivity (Wildman–Crippen MR) is 106 cm³/mol. The van der Waals surface area contributed by atoms with E-state index in [1.54, 1.807) is 36.4 Å². The van der Waals surface area contributed by atoms with Crippen LogP contribution < -0.4 is 20.1 Å². The molecule has 2 N–H and O–H groups in total. The number of carbonyl (C=O) groups excluding carboxylic acids is 3. The van der Waals surface area contributed by atoms with Crippen LogP contribution in [0.3, 0.4) is 0 Å². The molecular formula is C21H22N2O6. The van der Waals surface area contributed by atoms with E-state index in [1.165, 1.54) is 14.0 Å². The van der Waals surface area contributed by atoms with Crippen LogP contribution >= 0.6 is 0 Å². The van der Waals surface area contributed by atoms with E-state index in [-0.39, 0.29) is 6.42 Å². The number of amides is 2. The molecule has 8 heteroatoms. The Kier molecular flexibility index (Phi) is 6.01. The second-order valence-electron chi connectivity index (χ2n) is 6.62. The zero-order valence-electron chi connectivity index (χ0n) is 16.4. The van der Waals surface area contributed by atoms with Gasteiger partial charge in [0.05, 0.1) is 24.9 Å². The number of anilines is 2. The minimum Gasteiger partial charge on any atom is -0.495 e. The normalized spacial score (nSPS) is 16.0. The lowest BCUT2D eigenvalue weighted by Crippen LogP contribution is -2.40. The van der Waals surface area contributed by atoms with Gasteiger partial charge in [-0.1, -0.05) is 18.2 Å². The lowest BCUT2D eigenvalue weighted by molar-refractivity contribution is -0.155. The van der Waals surface area contributed by atoms with Crippen molar-refractivity contribution in [3.63, 3.8) is 0 Å². The van der Waals surface area contributed by atoms with Crippen LogP contribution in [0.15, 0.2) is 42.5 Å². The zero-order valence-corrected chi connectivity index (χ0v) is 16.4. The van der Waals surface area contributed by atoms with Crippen molar-refractivity contribution in [2.45, 2.75) is 32.5 Å². The largest absolute Gasteiger partial charge is 0.495 e. The maximum atomic E-state index is 12.4. The Morgan fingerprint density at radius 2 is 2.00 bits per heavy atom. The summed E-state index contributed by atoms with van der Waals surface area (Å²) < 4.78 is 16.0. The number of benzene rings is 2. The Morgan fingerprint density at radius 3 is 2.76 bits per heavy atom. The molecule has 1 aliphatic heterocycles. The highest BCUT2D eigenvalue weighted by Crippen LogP contribution is 2.30. The first kappa shape index (κ1) is 20.2. The van der Waals surface area contributed by atoms with Gasteiger partial charge in [-0.3, -0.25) is 14.4 Å². The van der Waals surface area contributed by atoms with Crippen LogP contribution in [0.2, 0.25) is 0 Å². The number of hydrogen-bond acceptors (Lipinski definition) is 6. The first-order valence-electron chi connectivity index (χ1n) is 9.09. The van der Waals surface area contributed by atoms with Crippen molar-refractivity contribution >= 4 is 29.2 Å². The fraction of sp³-hybridized carbons (Fsp3) is 0.286. The van der Waals surface area contributed by atoms with E-state index in [1.807, 2.05) is 13.0 Å². The molecule has 0 unspecified atom stereocenters. The molecule has 8 nitrogen and oxygen atoms in total.